The Kier molecular flexibility index (Phi) is 5.36. The maximum Gasteiger partial charge on any atom is 0.0101 e. The van der Waals surface area contributed by atoms with Crippen LogP contribution in [0, 0.1) is 12.3 Å². The smallest absolute Gasteiger partial charge is 0.0101 e. The second-order valence-electron chi connectivity index (χ2n) is 3.47. The number of hydrogen-bond acceptors (Lipinski definition) is 2. The number of nitrogens with two attached hydrogens (primary N) is 1. The fourth-order valence-corrected chi connectivity index (χ4v) is 2.16. The van der Waals surface area contributed by atoms with Crippen LogP contribution < -0.4 is 5.73 Å². The average molecular weight is 207 g/mol. The van der Waals surface area contributed by atoms with E-state index in [2.05, 4.69) is 23.4 Å². The first-order valence-electron chi connectivity index (χ1n) is 5.04. The molecule has 0 fully saturated rings. The van der Waals surface area contributed by atoms with Crippen LogP contribution in [-0.2, 0) is 6.42 Å². The Labute approximate surface area is 90.3 Å². The summed E-state index contributed by atoms with van der Waals surface area (Å²) >= 11 is 1.82. The molecule has 0 radical (unpaired) electrons. The summed E-state index contributed by atoms with van der Waals surface area (Å²) in [6, 6.07) is 4.56. The summed E-state index contributed by atoms with van der Waals surface area (Å²) in [7, 11) is 0. The zero-order valence-corrected chi connectivity index (χ0v) is 9.22. The molecule has 2 N–H and O–H groups in total. The van der Waals surface area contributed by atoms with E-state index in [4.69, 9.17) is 12.2 Å². The van der Waals surface area contributed by atoms with Crippen LogP contribution in [0.2, 0.25) is 0 Å². The molecule has 0 saturated carbocycles. The number of hydrogen-bond donors (Lipinski definition) is 1. The molecule has 0 aliphatic carbocycles. The van der Waals surface area contributed by atoms with Crippen LogP contribution in [0.3, 0.4) is 0 Å². The monoisotopic (exact) mass is 207 g/mol. The van der Waals surface area contributed by atoms with Crippen LogP contribution in [0.5, 0.6) is 0 Å². The molecule has 1 aromatic rings. The SMILES string of the molecule is C#CCCC(N)CCCc1cccs1. The highest BCUT2D eigenvalue weighted by Gasteiger charge is 2.01. The zero-order valence-electron chi connectivity index (χ0n) is 8.41. The van der Waals surface area contributed by atoms with Crippen LogP contribution >= 0.6 is 11.3 Å². The molecular weight excluding hydrogens is 190 g/mol. The van der Waals surface area contributed by atoms with E-state index in [1.165, 1.54) is 11.3 Å². The van der Waals surface area contributed by atoms with Crippen molar-refractivity contribution in [2.45, 2.75) is 38.1 Å². The van der Waals surface area contributed by atoms with Crippen LogP contribution in [-0.4, -0.2) is 6.04 Å². The van der Waals surface area contributed by atoms with Gasteiger partial charge in [0, 0.05) is 17.3 Å². The lowest BCUT2D eigenvalue weighted by Gasteiger charge is -2.08. The molecule has 0 spiro atoms. The van der Waals surface area contributed by atoms with Gasteiger partial charge < -0.3 is 5.73 Å². The van der Waals surface area contributed by atoms with E-state index in [9.17, 15) is 0 Å². The van der Waals surface area contributed by atoms with Crippen molar-refractivity contribution in [1.82, 2.24) is 0 Å². The summed E-state index contributed by atoms with van der Waals surface area (Å²) in [5.41, 5.74) is 5.91. The second-order valence-corrected chi connectivity index (χ2v) is 4.51. The highest BCUT2D eigenvalue weighted by molar-refractivity contribution is 7.09. The van der Waals surface area contributed by atoms with Gasteiger partial charge in [0.15, 0.2) is 0 Å². The van der Waals surface area contributed by atoms with Crippen molar-refractivity contribution < 1.29 is 0 Å². The van der Waals surface area contributed by atoms with Crippen molar-refractivity contribution in [2.24, 2.45) is 5.73 Å². The first-order chi connectivity index (χ1) is 6.83. The second kappa shape index (κ2) is 6.64. The van der Waals surface area contributed by atoms with Crippen LogP contribution in [0.4, 0.5) is 0 Å². The molecule has 14 heavy (non-hydrogen) atoms. The Morgan fingerprint density at radius 1 is 1.50 bits per heavy atom. The molecule has 76 valence electrons. The Balaban J connectivity index is 2.07. The number of aryl methyl sites for hydroxylation is 1. The van der Waals surface area contributed by atoms with Gasteiger partial charge in [0.2, 0.25) is 0 Å². The van der Waals surface area contributed by atoms with Crippen molar-refractivity contribution in [3.63, 3.8) is 0 Å². The van der Waals surface area contributed by atoms with Gasteiger partial charge in [0.25, 0.3) is 0 Å². The minimum atomic E-state index is 0.283. The van der Waals surface area contributed by atoms with Gasteiger partial charge in [-0.05, 0) is 37.1 Å². The number of rotatable bonds is 6. The van der Waals surface area contributed by atoms with Gasteiger partial charge in [-0.25, -0.2) is 0 Å². The van der Waals surface area contributed by atoms with E-state index in [0.717, 1.165) is 25.7 Å². The molecule has 1 rings (SSSR count). The highest BCUT2D eigenvalue weighted by Crippen LogP contribution is 2.13. The molecule has 1 heterocycles. The van der Waals surface area contributed by atoms with Crippen molar-refractivity contribution in [1.29, 1.82) is 0 Å². The molecule has 2 heteroatoms. The molecule has 0 saturated heterocycles. The third-order valence-electron chi connectivity index (χ3n) is 2.24. The van der Waals surface area contributed by atoms with Crippen molar-refractivity contribution >= 4 is 11.3 Å². The van der Waals surface area contributed by atoms with E-state index in [-0.39, 0.29) is 6.04 Å². The third-order valence-corrected chi connectivity index (χ3v) is 3.17. The minimum absolute atomic E-state index is 0.283. The summed E-state index contributed by atoms with van der Waals surface area (Å²) in [5.74, 6) is 2.62. The number of terminal acetylenes is 1. The Hall–Kier alpha value is -0.780. The van der Waals surface area contributed by atoms with Gasteiger partial charge >= 0.3 is 0 Å². The van der Waals surface area contributed by atoms with Crippen LogP contribution in [0.25, 0.3) is 0 Å². The molecule has 0 bridgehead atoms. The summed E-state index contributed by atoms with van der Waals surface area (Å²) in [6.45, 7) is 0. The quantitative estimate of drug-likeness (QED) is 0.713. The fraction of sp³-hybridized carbons (Fsp3) is 0.500. The Morgan fingerprint density at radius 2 is 2.36 bits per heavy atom. The van der Waals surface area contributed by atoms with E-state index in [1.807, 2.05) is 11.3 Å². The maximum atomic E-state index is 5.91. The normalized spacial score (nSPS) is 12.3. The topological polar surface area (TPSA) is 26.0 Å². The molecule has 1 nitrogen and oxygen atoms in total. The molecule has 0 amide bonds. The van der Waals surface area contributed by atoms with Crippen LogP contribution in [0.1, 0.15) is 30.6 Å². The van der Waals surface area contributed by atoms with Gasteiger partial charge in [-0.2, -0.15) is 0 Å². The van der Waals surface area contributed by atoms with Crippen molar-refractivity contribution in [3.8, 4) is 12.3 Å². The lowest BCUT2D eigenvalue weighted by atomic mass is 10.1. The van der Waals surface area contributed by atoms with Gasteiger partial charge in [-0.15, -0.1) is 23.7 Å². The van der Waals surface area contributed by atoms with E-state index in [0.29, 0.717) is 0 Å². The molecule has 0 aliphatic heterocycles. The summed E-state index contributed by atoms with van der Waals surface area (Å²) in [5, 5.41) is 2.12. The summed E-state index contributed by atoms with van der Waals surface area (Å²) in [6.07, 6.45) is 10.4. The minimum Gasteiger partial charge on any atom is -0.328 e. The highest BCUT2D eigenvalue weighted by atomic mass is 32.1. The maximum absolute atomic E-state index is 5.91. The molecule has 1 unspecified atom stereocenters. The Morgan fingerprint density at radius 3 is 3.00 bits per heavy atom. The lowest BCUT2D eigenvalue weighted by Crippen LogP contribution is -2.19. The van der Waals surface area contributed by atoms with Gasteiger partial charge in [0.1, 0.15) is 0 Å². The lowest BCUT2D eigenvalue weighted by molar-refractivity contribution is 0.555. The zero-order chi connectivity index (χ0) is 10.2. The average Bonchev–Trinajstić information content (AvgIpc) is 2.67. The predicted octanol–water partition coefficient (Wildman–Crippen LogP) is 2.81. The summed E-state index contributed by atoms with van der Waals surface area (Å²) in [4.78, 5) is 1.45. The first kappa shape index (κ1) is 11.3. The fourth-order valence-electron chi connectivity index (χ4n) is 1.41. The van der Waals surface area contributed by atoms with Gasteiger partial charge in [0.05, 0.1) is 0 Å². The Bertz CT molecular complexity index is 271. The van der Waals surface area contributed by atoms with Crippen molar-refractivity contribution in [3.05, 3.63) is 22.4 Å². The van der Waals surface area contributed by atoms with Gasteiger partial charge in [-0.1, -0.05) is 6.07 Å². The van der Waals surface area contributed by atoms with E-state index >= 15 is 0 Å². The third kappa shape index (κ3) is 4.45. The standard InChI is InChI=1S/C12H17NS/c1-2-3-6-11(13)7-4-8-12-9-5-10-14-12/h1,5,9-11H,3-4,6-8,13H2. The van der Waals surface area contributed by atoms with Gasteiger partial charge in [-0.3, -0.25) is 0 Å². The molecule has 1 aromatic heterocycles. The van der Waals surface area contributed by atoms with E-state index < -0.39 is 0 Å². The predicted molar refractivity (Wildman–Crippen MR) is 63.3 cm³/mol. The van der Waals surface area contributed by atoms with Crippen molar-refractivity contribution in [2.75, 3.05) is 0 Å². The molecular formula is C12H17NS. The molecule has 1 atom stereocenters. The first-order valence-corrected chi connectivity index (χ1v) is 5.92. The largest absolute Gasteiger partial charge is 0.328 e. The molecule has 0 aliphatic rings. The van der Waals surface area contributed by atoms with Crippen LogP contribution in [0.15, 0.2) is 17.5 Å². The number of thiophene rings is 1. The molecule has 0 aromatic carbocycles. The van der Waals surface area contributed by atoms with E-state index in [1.54, 1.807) is 0 Å². The summed E-state index contributed by atoms with van der Waals surface area (Å²) < 4.78 is 0.